The second-order valence-electron chi connectivity index (χ2n) is 4.17. The summed E-state index contributed by atoms with van der Waals surface area (Å²) in [6.45, 7) is 0. The van der Waals surface area contributed by atoms with Crippen LogP contribution in [-0.2, 0) is 18.7 Å². The molecule has 7 N–H and O–H groups in total. The molecule has 14 heteroatoms. The molecule has 0 aromatic carbocycles. The van der Waals surface area contributed by atoms with Gasteiger partial charge in [-0.05, 0) is 0 Å². The minimum atomic E-state index is -4.98. The average Bonchev–Trinajstić information content (AvgIpc) is 2.20. The van der Waals surface area contributed by atoms with Gasteiger partial charge >= 0.3 is 27.1 Å². The van der Waals surface area contributed by atoms with Crippen molar-refractivity contribution >= 4 is 27.1 Å². The number of carbonyl (C=O) groups is 2. The molecule has 21 heavy (non-hydrogen) atoms. The minimum absolute atomic E-state index is 0.0418. The molecular weight excluding hydrogens is 336 g/mol. The lowest BCUT2D eigenvalue weighted by Crippen LogP contribution is -2.55. The van der Waals surface area contributed by atoms with Crippen LogP contribution in [0.15, 0.2) is 0 Å². The van der Waals surface area contributed by atoms with Gasteiger partial charge in [-0.1, -0.05) is 0 Å². The van der Waals surface area contributed by atoms with Crippen molar-refractivity contribution in [3.05, 3.63) is 0 Å². The molecule has 0 fully saturated rings. The lowest BCUT2D eigenvalue weighted by atomic mass is 10.1. The molecule has 0 aromatic rings. The third kappa shape index (κ3) is 7.65. The van der Waals surface area contributed by atoms with Crippen LogP contribution in [0.3, 0.4) is 0 Å². The largest absolute Gasteiger partial charge is 0.481 e. The molecule has 0 aliphatic rings. The van der Waals surface area contributed by atoms with Crippen molar-refractivity contribution in [2.75, 3.05) is 12.6 Å². The Morgan fingerprint density at radius 2 is 1.33 bits per heavy atom. The van der Waals surface area contributed by atoms with Gasteiger partial charge < -0.3 is 34.9 Å². The van der Waals surface area contributed by atoms with Crippen LogP contribution in [-0.4, -0.2) is 70.0 Å². The molecule has 0 bridgehead atoms. The highest BCUT2D eigenvalue weighted by molar-refractivity contribution is 7.52. The predicted molar refractivity (Wildman–Crippen MR) is 65.1 cm³/mol. The molecule has 124 valence electrons. The third-order valence-corrected chi connectivity index (χ3v) is 3.68. The van der Waals surface area contributed by atoms with E-state index < -0.39 is 58.3 Å². The molecule has 0 amide bonds. The first kappa shape index (κ1) is 20.2. The fourth-order valence-electron chi connectivity index (χ4n) is 1.40. The summed E-state index contributed by atoms with van der Waals surface area (Å²) in [5.41, 5.74) is -3.15. The first-order valence-electron chi connectivity index (χ1n) is 5.19. The van der Waals surface area contributed by atoms with E-state index in [1.807, 2.05) is 0 Å². The molecule has 0 aliphatic carbocycles. The summed E-state index contributed by atoms with van der Waals surface area (Å²) in [5.74, 6) is -3.60. The average molecular weight is 351 g/mol. The smallest absolute Gasteiger partial charge is 0.351 e. The molecule has 1 atom stereocenters. The maximum absolute atomic E-state index is 11.1. The first-order chi connectivity index (χ1) is 9.17. The van der Waals surface area contributed by atoms with Gasteiger partial charge in [-0.15, -0.1) is 0 Å². The van der Waals surface area contributed by atoms with Crippen LogP contribution in [0, 0.1) is 0 Å². The Morgan fingerprint density at radius 3 is 1.57 bits per heavy atom. The first-order valence-corrected chi connectivity index (χ1v) is 8.79. The second kappa shape index (κ2) is 6.95. The van der Waals surface area contributed by atoms with Gasteiger partial charge in [0.25, 0.3) is 0 Å². The van der Waals surface area contributed by atoms with Gasteiger partial charge in [-0.2, -0.15) is 0 Å². The fraction of sp³-hybridized carbons (Fsp3) is 0.714. The highest BCUT2D eigenvalue weighted by Crippen LogP contribution is 2.43. The highest BCUT2D eigenvalue weighted by atomic mass is 31.2. The van der Waals surface area contributed by atoms with Crippen LogP contribution in [0.5, 0.6) is 0 Å². The zero-order chi connectivity index (χ0) is 17.1. The normalized spacial score (nSPS) is 15.7. The Balaban J connectivity index is 5.56. The lowest BCUT2D eigenvalue weighted by Gasteiger charge is -2.35. The summed E-state index contributed by atoms with van der Waals surface area (Å²) in [6.07, 6.45) is -4.87. The van der Waals surface area contributed by atoms with E-state index in [9.17, 15) is 23.8 Å². The van der Waals surface area contributed by atoms with Gasteiger partial charge in [-0.3, -0.25) is 13.9 Å². The van der Waals surface area contributed by atoms with Crippen LogP contribution in [0.25, 0.3) is 0 Å². The van der Waals surface area contributed by atoms with Crippen LogP contribution >= 0.6 is 15.2 Å². The lowest BCUT2D eigenvalue weighted by molar-refractivity contribution is -0.182. The molecule has 0 saturated carbocycles. The van der Waals surface area contributed by atoms with Crippen LogP contribution in [0.2, 0.25) is 0 Å². The summed E-state index contributed by atoms with van der Waals surface area (Å²) in [6, 6.07) is 0. The van der Waals surface area contributed by atoms with Crippen molar-refractivity contribution in [1.29, 1.82) is 0 Å². The minimum Gasteiger partial charge on any atom is -0.481 e. The topological polar surface area (TPSA) is 213 Å². The monoisotopic (exact) mass is 351 g/mol. The van der Waals surface area contributed by atoms with E-state index in [0.29, 0.717) is 0 Å². The summed E-state index contributed by atoms with van der Waals surface area (Å²) in [5, 5.41) is 27.3. The SMILES string of the molecule is O=C(O)CCC(O)(C(=O)O)N(CP(=O)(O)O)CP(=O)(O)O. The summed E-state index contributed by atoms with van der Waals surface area (Å²) in [7, 11) is -9.96. The number of carboxylic acids is 2. The summed E-state index contributed by atoms with van der Waals surface area (Å²) in [4.78, 5) is 56.7. The molecule has 1 unspecified atom stereocenters. The van der Waals surface area contributed by atoms with Gasteiger partial charge in [0.1, 0.15) is 12.6 Å². The highest BCUT2D eigenvalue weighted by Gasteiger charge is 2.47. The van der Waals surface area contributed by atoms with Gasteiger partial charge in [0, 0.05) is 6.42 Å². The molecule has 0 spiro atoms. The van der Waals surface area contributed by atoms with Crippen molar-refractivity contribution in [3.8, 4) is 0 Å². The van der Waals surface area contributed by atoms with E-state index >= 15 is 0 Å². The number of rotatable bonds is 9. The van der Waals surface area contributed by atoms with Crippen LogP contribution in [0.4, 0.5) is 0 Å². The number of aliphatic hydroxyl groups is 1. The van der Waals surface area contributed by atoms with E-state index in [1.54, 1.807) is 0 Å². The van der Waals surface area contributed by atoms with Gasteiger partial charge in [0.2, 0.25) is 5.72 Å². The third-order valence-electron chi connectivity index (χ3n) is 2.26. The quantitative estimate of drug-likeness (QED) is 0.181. The zero-order valence-electron chi connectivity index (χ0n) is 10.4. The van der Waals surface area contributed by atoms with E-state index in [-0.39, 0.29) is 4.90 Å². The molecule has 0 saturated heterocycles. The van der Waals surface area contributed by atoms with Crippen LogP contribution < -0.4 is 0 Å². The number of nitrogens with zero attached hydrogens (tertiary/aromatic N) is 1. The second-order valence-corrected chi connectivity index (χ2v) is 7.39. The number of hydrogen-bond acceptors (Lipinski definition) is 6. The fourth-order valence-corrected chi connectivity index (χ4v) is 3.12. The van der Waals surface area contributed by atoms with Crippen molar-refractivity contribution in [2.24, 2.45) is 0 Å². The Kier molecular flexibility index (Phi) is 6.67. The molecule has 0 aliphatic heterocycles. The van der Waals surface area contributed by atoms with Gasteiger partial charge in [-0.25, -0.2) is 9.69 Å². The summed E-state index contributed by atoms with van der Waals surface area (Å²) < 4.78 is 21.8. The standard InChI is InChI=1S/C7H15NO11P2/c9-5(10)1-2-7(13,6(11)12)8(3-20(14,15)16)4-21(17,18)19/h13H,1-4H2,(H,9,10)(H,11,12)(H2,14,15,16)(H2,17,18,19). The Bertz CT molecular complexity index is 471. The maximum atomic E-state index is 11.1. The Morgan fingerprint density at radius 1 is 0.952 bits per heavy atom. The van der Waals surface area contributed by atoms with E-state index in [0.717, 1.165) is 0 Å². The Labute approximate surface area is 117 Å². The molecule has 0 radical (unpaired) electrons. The maximum Gasteiger partial charge on any atom is 0.351 e. The number of hydrogen-bond donors (Lipinski definition) is 7. The van der Waals surface area contributed by atoms with Crippen molar-refractivity contribution in [1.82, 2.24) is 4.90 Å². The molecule has 0 rings (SSSR count). The van der Waals surface area contributed by atoms with Crippen LogP contribution in [0.1, 0.15) is 12.8 Å². The zero-order valence-corrected chi connectivity index (χ0v) is 12.2. The van der Waals surface area contributed by atoms with E-state index in [2.05, 4.69) is 0 Å². The van der Waals surface area contributed by atoms with E-state index in [1.165, 1.54) is 0 Å². The molecular formula is C7H15NO11P2. The number of carboxylic acid groups (broad SMARTS) is 2. The molecule has 12 nitrogen and oxygen atoms in total. The van der Waals surface area contributed by atoms with E-state index in [4.69, 9.17) is 29.8 Å². The van der Waals surface area contributed by atoms with Crippen molar-refractivity contribution in [3.63, 3.8) is 0 Å². The van der Waals surface area contributed by atoms with Crippen molar-refractivity contribution < 1.29 is 53.6 Å². The Hall–Kier alpha value is -0.840. The van der Waals surface area contributed by atoms with Gasteiger partial charge in [0.15, 0.2) is 0 Å². The number of aliphatic carboxylic acids is 2. The molecule has 0 aromatic heterocycles. The summed E-state index contributed by atoms with van der Waals surface area (Å²) >= 11 is 0. The predicted octanol–water partition coefficient (Wildman–Crippen LogP) is -1.80. The van der Waals surface area contributed by atoms with Crippen molar-refractivity contribution in [2.45, 2.75) is 18.6 Å². The molecule has 0 heterocycles. The van der Waals surface area contributed by atoms with Gasteiger partial charge in [0.05, 0.1) is 6.42 Å².